The van der Waals surface area contributed by atoms with Crippen molar-refractivity contribution in [1.29, 1.82) is 5.26 Å². The maximum atomic E-state index is 11.9. The molecule has 27 heavy (non-hydrogen) atoms. The lowest BCUT2D eigenvalue weighted by Crippen LogP contribution is -2.15. The van der Waals surface area contributed by atoms with Gasteiger partial charge in [-0.25, -0.2) is 9.59 Å². The molecule has 0 amide bonds. The average Bonchev–Trinajstić information content (AvgIpc) is 2.66. The van der Waals surface area contributed by atoms with E-state index in [1.165, 1.54) is 6.07 Å². The van der Waals surface area contributed by atoms with Crippen LogP contribution in [0.25, 0.3) is 11.0 Å². The summed E-state index contributed by atoms with van der Waals surface area (Å²) in [5.74, 6) is -0.155. The first-order valence-corrected chi connectivity index (χ1v) is 8.35. The summed E-state index contributed by atoms with van der Waals surface area (Å²) in [4.78, 5) is 23.6. The SMILES string of the molecule is Cc1cc2oc(=O)cc(COC(=O)COc3ccc(C#N)cc3)c2cc1Cl. The van der Waals surface area contributed by atoms with Crippen molar-refractivity contribution in [2.75, 3.05) is 6.61 Å². The summed E-state index contributed by atoms with van der Waals surface area (Å²) in [5, 5.41) is 9.87. The van der Waals surface area contributed by atoms with Gasteiger partial charge in [0.05, 0.1) is 11.6 Å². The Morgan fingerprint density at radius 3 is 2.67 bits per heavy atom. The molecule has 0 aliphatic carbocycles. The molecule has 0 aliphatic rings. The molecule has 0 bridgehead atoms. The Bertz CT molecular complexity index is 1100. The van der Waals surface area contributed by atoms with E-state index in [0.717, 1.165) is 5.56 Å². The van der Waals surface area contributed by atoms with Crippen molar-refractivity contribution in [3.8, 4) is 11.8 Å². The van der Waals surface area contributed by atoms with Crippen LogP contribution >= 0.6 is 11.6 Å². The maximum Gasteiger partial charge on any atom is 0.344 e. The first-order chi connectivity index (χ1) is 13.0. The van der Waals surface area contributed by atoms with Gasteiger partial charge in [0.2, 0.25) is 0 Å². The van der Waals surface area contributed by atoms with Crippen molar-refractivity contribution in [3.63, 3.8) is 0 Å². The van der Waals surface area contributed by atoms with E-state index in [1.54, 1.807) is 43.3 Å². The van der Waals surface area contributed by atoms with Crippen molar-refractivity contribution in [2.24, 2.45) is 0 Å². The smallest absolute Gasteiger partial charge is 0.344 e. The van der Waals surface area contributed by atoms with Crippen molar-refractivity contribution < 1.29 is 18.7 Å². The highest BCUT2D eigenvalue weighted by Gasteiger charge is 2.11. The summed E-state index contributed by atoms with van der Waals surface area (Å²) >= 11 is 6.13. The monoisotopic (exact) mass is 383 g/mol. The van der Waals surface area contributed by atoms with Crippen LogP contribution in [0, 0.1) is 18.3 Å². The fraction of sp³-hybridized carbons (Fsp3) is 0.150. The second kappa shape index (κ2) is 7.94. The Morgan fingerprint density at radius 1 is 1.22 bits per heavy atom. The highest BCUT2D eigenvalue weighted by atomic mass is 35.5. The molecule has 6 nitrogen and oxygen atoms in total. The van der Waals surface area contributed by atoms with Crippen LogP contribution in [0.4, 0.5) is 0 Å². The van der Waals surface area contributed by atoms with E-state index in [9.17, 15) is 9.59 Å². The van der Waals surface area contributed by atoms with Crippen LogP contribution in [0.3, 0.4) is 0 Å². The van der Waals surface area contributed by atoms with Gasteiger partial charge in [0.15, 0.2) is 6.61 Å². The molecule has 1 aromatic heterocycles. The number of halogens is 1. The minimum absolute atomic E-state index is 0.114. The summed E-state index contributed by atoms with van der Waals surface area (Å²) < 4.78 is 15.7. The van der Waals surface area contributed by atoms with Gasteiger partial charge in [-0.3, -0.25) is 0 Å². The Hall–Kier alpha value is -3.30. The Kier molecular flexibility index (Phi) is 5.43. The van der Waals surface area contributed by atoms with E-state index < -0.39 is 11.6 Å². The van der Waals surface area contributed by atoms with Crippen LogP contribution in [0.15, 0.2) is 51.7 Å². The van der Waals surface area contributed by atoms with Gasteiger partial charge >= 0.3 is 11.6 Å². The number of nitriles is 1. The van der Waals surface area contributed by atoms with Gasteiger partial charge < -0.3 is 13.9 Å². The number of fused-ring (bicyclic) bond motifs is 1. The minimum Gasteiger partial charge on any atom is -0.482 e. The predicted octanol–water partition coefficient (Wildman–Crippen LogP) is 3.75. The molecular formula is C20H14ClNO5. The van der Waals surface area contributed by atoms with Crippen molar-refractivity contribution >= 4 is 28.5 Å². The second-order valence-electron chi connectivity index (χ2n) is 5.77. The molecule has 1 heterocycles. The zero-order valence-electron chi connectivity index (χ0n) is 14.3. The molecule has 0 spiro atoms. The number of rotatable bonds is 5. The standard InChI is InChI=1S/C20H14ClNO5/c1-12-6-18-16(8-17(12)21)14(7-19(23)27-18)10-26-20(24)11-25-15-4-2-13(9-22)3-5-15/h2-8H,10-11H2,1H3. The molecule has 136 valence electrons. The zero-order valence-corrected chi connectivity index (χ0v) is 15.1. The van der Waals surface area contributed by atoms with Gasteiger partial charge in [-0.15, -0.1) is 0 Å². The van der Waals surface area contributed by atoms with Gasteiger partial charge in [0, 0.05) is 22.0 Å². The quantitative estimate of drug-likeness (QED) is 0.492. The number of benzene rings is 2. The number of ether oxygens (including phenoxy) is 2. The van der Waals surface area contributed by atoms with E-state index in [0.29, 0.717) is 32.9 Å². The van der Waals surface area contributed by atoms with Gasteiger partial charge in [-0.1, -0.05) is 11.6 Å². The number of carbonyl (C=O) groups excluding carboxylic acids is 1. The number of aryl methyl sites for hydroxylation is 1. The summed E-state index contributed by atoms with van der Waals surface area (Å²) in [6.45, 7) is 1.39. The highest BCUT2D eigenvalue weighted by molar-refractivity contribution is 6.32. The number of hydrogen-bond donors (Lipinski definition) is 0. The summed E-state index contributed by atoms with van der Waals surface area (Å²) in [6, 6.07) is 12.9. The van der Waals surface area contributed by atoms with Crippen LogP contribution in [-0.4, -0.2) is 12.6 Å². The maximum absolute atomic E-state index is 11.9. The zero-order chi connectivity index (χ0) is 19.4. The van der Waals surface area contributed by atoms with E-state index >= 15 is 0 Å². The number of carbonyl (C=O) groups is 1. The summed E-state index contributed by atoms with van der Waals surface area (Å²) in [6.07, 6.45) is 0. The summed E-state index contributed by atoms with van der Waals surface area (Å²) in [5.41, 5.74) is 1.61. The van der Waals surface area contributed by atoms with Gasteiger partial charge in [-0.2, -0.15) is 5.26 Å². The number of nitrogens with zero attached hydrogens (tertiary/aromatic N) is 1. The topological polar surface area (TPSA) is 89.5 Å². The van der Waals surface area contributed by atoms with Gasteiger partial charge in [0.1, 0.15) is 17.9 Å². The summed E-state index contributed by atoms with van der Waals surface area (Å²) in [7, 11) is 0. The largest absolute Gasteiger partial charge is 0.482 e. The van der Waals surface area contributed by atoms with Gasteiger partial charge in [0.25, 0.3) is 0 Å². The molecule has 0 unspecified atom stereocenters. The number of esters is 1. The van der Waals surface area contributed by atoms with Crippen LogP contribution in [-0.2, 0) is 16.1 Å². The lowest BCUT2D eigenvalue weighted by atomic mass is 10.1. The number of hydrogen-bond acceptors (Lipinski definition) is 6. The fourth-order valence-corrected chi connectivity index (χ4v) is 2.60. The third-order valence-corrected chi connectivity index (χ3v) is 4.25. The van der Waals surface area contributed by atoms with E-state index in [-0.39, 0.29) is 13.2 Å². The fourth-order valence-electron chi connectivity index (χ4n) is 2.44. The Morgan fingerprint density at radius 2 is 1.96 bits per heavy atom. The van der Waals surface area contributed by atoms with Crippen molar-refractivity contribution in [1.82, 2.24) is 0 Å². The Balaban J connectivity index is 1.67. The molecule has 3 rings (SSSR count). The second-order valence-corrected chi connectivity index (χ2v) is 6.18. The normalized spacial score (nSPS) is 10.4. The average molecular weight is 384 g/mol. The third kappa shape index (κ3) is 4.46. The molecule has 0 aliphatic heterocycles. The highest BCUT2D eigenvalue weighted by Crippen LogP contribution is 2.25. The molecular weight excluding hydrogens is 370 g/mol. The minimum atomic E-state index is -0.598. The van der Waals surface area contributed by atoms with E-state index in [4.69, 9.17) is 30.8 Å². The molecule has 3 aromatic rings. The predicted molar refractivity (Wildman–Crippen MR) is 98.7 cm³/mol. The molecule has 0 N–H and O–H groups in total. The van der Waals surface area contributed by atoms with Crippen LogP contribution < -0.4 is 10.4 Å². The molecule has 0 saturated heterocycles. The molecule has 7 heteroatoms. The van der Waals surface area contributed by atoms with Crippen LogP contribution in [0.5, 0.6) is 5.75 Å². The van der Waals surface area contributed by atoms with Crippen molar-refractivity contribution in [3.05, 3.63) is 74.6 Å². The first-order valence-electron chi connectivity index (χ1n) is 7.98. The Labute approximate surface area is 159 Å². The van der Waals surface area contributed by atoms with E-state index in [1.807, 2.05) is 6.07 Å². The van der Waals surface area contributed by atoms with Gasteiger partial charge in [-0.05, 0) is 48.9 Å². The van der Waals surface area contributed by atoms with E-state index in [2.05, 4.69) is 0 Å². The lowest BCUT2D eigenvalue weighted by Gasteiger charge is -2.09. The molecule has 0 radical (unpaired) electrons. The lowest BCUT2D eigenvalue weighted by molar-refractivity contribution is -0.147. The first kappa shape index (κ1) is 18.5. The molecule has 0 saturated carbocycles. The van der Waals surface area contributed by atoms with Crippen LogP contribution in [0.2, 0.25) is 5.02 Å². The van der Waals surface area contributed by atoms with Crippen molar-refractivity contribution in [2.45, 2.75) is 13.5 Å². The molecule has 0 fully saturated rings. The third-order valence-electron chi connectivity index (χ3n) is 3.84. The molecule has 2 aromatic carbocycles. The van der Waals surface area contributed by atoms with Crippen LogP contribution in [0.1, 0.15) is 16.7 Å². The molecule has 0 atom stereocenters.